The van der Waals surface area contributed by atoms with E-state index in [-0.39, 0.29) is 40.2 Å². The van der Waals surface area contributed by atoms with Crippen LogP contribution >= 0.6 is 0 Å². The number of benzene rings is 2. The summed E-state index contributed by atoms with van der Waals surface area (Å²) in [5, 5.41) is 44.5. The van der Waals surface area contributed by atoms with E-state index in [1.807, 2.05) is 108 Å². The van der Waals surface area contributed by atoms with Crippen LogP contribution in [0.2, 0.25) is 0 Å². The highest BCUT2D eigenvalue weighted by atomic mass is 32.2. The third-order valence-corrected chi connectivity index (χ3v) is 15.9. The average molecular weight is 1130 g/mol. The van der Waals surface area contributed by atoms with E-state index >= 15 is 0 Å². The summed E-state index contributed by atoms with van der Waals surface area (Å²) in [7, 11) is -4.44. The van der Waals surface area contributed by atoms with Crippen molar-refractivity contribution < 1.29 is 32.8 Å². The fourth-order valence-electron chi connectivity index (χ4n) is 10.6. The second-order valence-corrected chi connectivity index (χ2v) is 24.0. The Balaban J connectivity index is 0.000000179. The number of para-hydroxylation sites is 2. The number of carbonyl (C=O) groups excluding carboxylic acids is 1. The van der Waals surface area contributed by atoms with Gasteiger partial charge in [-0.1, -0.05) is 49.2 Å². The summed E-state index contributed by atoms with van der Waals surface area (Å²) in [6, 6.07) is 35.9. The van der Waals surface area contributed by atoms with Crippen LogP contribution in [0.1, 0.15) is 108 Å². The van der Waals surface area contributed by atoms with Crippen LogP contribution in [0.4, 0.5) is 11.6 Å². The van der Waals surface area contributed by atoms with Gasteiger partial charge in [-0.15, -0.1) is 0 Å². The second-order valence-electron chi connectivity index (χ2n) is 20.9. The molecule has 0 bridgehead atoms. The summed E-state index contributed by atoms with van der Waals surface area (Å²) in [5.41, 5.74) is 8.56. The van der Waals surface area contributed by atoms with Gasteiger partial charge >= 0.3 is 5.97 Å². The minimum atomic E-state index is -3.17. The highest BCUT2D eigenvalue weighted by Crippen LogP contribution is 2.45. The van der Waals surface area contributed by atoms with Gasteiger partial charge in [-0.3, -0.25) is 9.00 Å². The van der Waals surface area contributed by atoms with E-state index in [0.29, 0.717) is 23.1 Å². The molecular formula is C59H63N13O7S2. The fourth-order valence-corrected chi connectivity index (χ4v) is 11.1. The van der Waals surface area contributed by atoms with Crippen molar-refractivity contribution in [2.75, 3.05) is 54.2 Å². The van der Waals surface area contributed by atoms with Crippen LogP contribution in [0.25, 0.3) is 55.7 Å². The molecular weight excluding hydrogens is 1070 g/mol. The number of nitrogens with zero attached hydrogens (tertiary/aromatic N) is 12. The molecule has 4 aliphatic rings. The number of primary sulfonamides is 1. The summed E-state index contributed by atoms with van der Waals surface area (Å²) in [5.74, 6) is 1.26. The molecule has 8 heterocycles. The number of piperidine rings is 2. The quantitative estimate of drug-likeness (QED) is 0.109. The number of aromatic nitrogens is 8. The van der Waals surface area contributed by atoms with E-state index < -0.39 is 26.8 Å². The zero-order valence-corrected chi connectivity index (χ0v) is 46.7. The van der Waals surface area contributed by atoms with Crippen LogP contribution in [-0.2, 0) is 20.8 Å². The Morgan fingerprint density at radius 1 is 0.654 bits per heavy atom. The van der Waals surface area contributed by atoms with Crippen LogP contribution < -0.4 is 14.9 Å². The largest absolute Gasteiger partial charge is 0.477 e. The molecule has 5 N–H and O–H groups in total. The third-order valence-electron chi connectivity index (χ3n) is 15.3. The summed E-state index contributed by atoms with van der Waals surface area (Å²) in [6.45, 7) is 3.24. The van der Waals surface area contributed by atoms with Crippen LogP contribution in [-0.4, -0.2) is 119 Å². The number of ketones is 1. The number of carbonyl (C=O) groups is 2. The lowest BCUT2D eigenvalue weighted by molar-refractivity contribution is 0.0690. The van der Waals surface area contributed by atoms with Gasteiger partial charge in [0.05, 0.1) is 57.7 Å². The number of hydrogen-bond donors (Lipinski definition) is 2. The van der Waals surface area contributed by atoms with Crippen molar-refractivity contribution in [2.45, 2.75) is 76.0 Å². The SMILES string of the molecule is CS(=O)CC(=O)c1cc(-c2ccc(N3CCC(C#N)CC3)nc2)c2c(C3CCC3)nn(-c3ccccc3)c2n1.CS(N)(=O)=O.N#CC1CCN(c2ccc(-c3cc(C(=O)O)nc4c3c(C3CCC3)nn4-c3ccccc3)cn2)CC1.O. The van der Waals surface area contributed by atoms with Crippen LogP contribution in [0.15, 0.2) is 109 Å². The zero-order chi connectivity index (χ0) is 56.1. The van der Waals surface area contributed by atoms with E-state index in [2.05, 4.69) is 32.1 Å². The number of sulfonamides is 1. The normalized spacial score (nSPS) is 16.3. The minimum absolute atomic E-state index is 0. The van der Waals surface area contributed by atoms with Crippen LogP contribution in [0.3, 0.4) is 0 Å². The first kappa shape index (κ1) is 57.4. The van der Waals surface area contributed by atoms with Gasteiger partial charge in [0.25, 0.3) is 0 Å². The van der Waals surface area contributed by atoms with E-state index in [1.165, 1.54) is 19.1 Å². The lowest BCUT2D eigenvalue weighted by Gasteiger charge is -2.30. The molecule has 0 radical (unpaired) electrons. The number of pyridine rings is 4. The number of anilines is 2. The van der Waals surface area contributed by atoms with E-state index in [1.54, 1.807) is 10.7 Å². The molecule has 6 aromatic heterocycles. The van der Waals surface area contributed by atoms with E-state index in [0.717, 1.165) is 151 Å². The Morgan fingerprint density at radius 2 is 1.05 bits per heavy atom. The summed E-state index contributed by atoms with van der Waals surface area (Å²) in [4.78, 5) is 48.5. The predicted molar refractivity (Wildman–Crippen MR) is 311 cm³/mol. The lowest BCUT2D eigenvalue weighted by atomic mass is 9.81. The van der Waals surface area contributed by atoms with Crippen molar-refractivity contribution in [3.63, 3.8) is 0 Å². The zero-order valence-electron chi connectivity index (χ0n) is 45.1. The van der Waals surface area contributed by atoms with Crippen molar-refractivity contribution in [1.29, 1.82) is 10.5 Å². The Hall–Kier alpha value is -8.28. The molecule has 12 rings (SSSR count). The molecule has 2 aliphatic heterocycles. The van der Waals surface area contributed by atoms with Gasteiger partial charge in [-0.25, -0.2) is 47.7 Å². The summed E-state index contributed by atoms with van der Waals surface area (Å²) in [6.07, 6.45) is 16.1. The molecule has 20 nitrogen and oxygen atoms in total. The van der Waals surface area contributed by atoms with Crippen LogP contribution in [0, 0.1) is 34.5 Å². The van der Waals surface area contributed by atoms with Gasteiger partial charge < -0.3 is 20.4 Å². The number of Topliss-reactive ketones (excluding diaryl/α,β-unsaturated/α-hetero) is 1. The standard InChI is InChI=1S/C30H30N6O2S.C28H26N6O2.CH5NO2S.H2O/c1-39(38)19-26(37)25-16-24(22-10-11-27(32-18-22)35-14-12-20(17-31)13-15-35)28-29(21-6-5-7-21)34-36(30(28)33-25)23-8-3-2-4-9-23;29-16-18-11-13-33(14-12-18)24-10-9-20(17-30-24)22-15-23(28(35)36)31-27-25(22)26(19-5-4-6-19)32-34(27)21-7-2-1-3-8-21;1-5(2,3)4;/h2-4,8-11,16,18,20-21H,5-7,12-15,19H2,1H3;1-3,7-10,15,17-19H,4-6,11-14H2,(H,35,36);1H3,(H2,2,3,4);1H2. The molecule has 2 aliphatic carbocycles. The van der Waals surface area contributed by atoms with E-state index in [9.17, 15) is 37.8 Å². The van der Waals surface area contributed by atoms with Crippen molar-refractivity contribution in [1.82, 2.24) is 39.5 Å². The Morgan fingerprint density at radius 3 is 1.38 bits per heavy atom. The molecule has 22 heteroatoms. The number of nitriles is 2. The lowest BCUT2D eigenvalue weighted by Crippen LogP contribution is -2.33. The molecule has 81 heavy (non-hydrogen) atoms. The maximum absolute atomic E-state index is 13.1. The fraction of sp³-hybridized carbons (Fsp3) is 0.356. The molecule has 1 unspecified atom stereocenters. The van der Waals surface area contributed by atoms with Gasteiger partial charge in [0.1, 0.15) is 17.3 Å². The maximum atomic E-state index is 13.1. The smallest absolute Gasteiger partial charge is 0.354 e. The topological polar surface area (TPSA) is 304 Å². The predicted octanol–water partition coefficient (Wildman–Crippen LogP) is 8.32. The number of nitrogens with two attached hydrogens (primary N) is 1. The highest BCUT2D eigenvalue weighted by molar-refractivity contribution is 7.88. The highest BCUT2D eigenvalue weighted by Gasteiger charge is 2.32. The molecule has 8 aromatic rings. The van der Waals surface area contributed by atoms with Crippen molar-refractivity contribution in [3.8, 4) is 45.8 Å². The van der Waals surface area contributed by atoms with Crippen molar-refractivity contribution in [3.05, 3.63) is 132 Å². The minimum Gasteiger partial charge on any atom is -0.477 e. The third kappa shape index (κ3) is 13.0. The average Bonchev–Trinajstić information content (AvgIpc) is 4.04. The first-order chi connectivity index (χ1) is 38.6. The Kier molecular flexibility index (Phi) is 17.7. The van der Waals surface area contributed by atoms with Crippen molar-refractivity contribution >= 4 is 66.3 Å². The summed E-state index contributed by atoms with van der Waals surface area (Å²) < 4.78 is 34.4. The maximum Gasteiger partial charge on any atom is 0.354 e. The first-order valence-electron chi connectivity index (χ1n) is 26.9. The van der Waals surface area contributed by atoms with Gasteiger partial charge in [0.2, 0.25) is 10.0 Å². The number of aromatic carboxylic acids is 1. The molecule has 2 saturated heterocycles. The van der Waals surface area contributed by atoms with Gasteiger partial charge in [-0.05, 0) is 123 Å². The van der Waals surface area contributed by atoms with E-state index in [4.69, 9.17) is 25.1 Å². The molecule has 0 spiro atoms. The van der Waals surface area contributed by atoms with Gasteiger partial charge in [0.15, 0.2) is 22.8 Å². The Bertz CT molecular complexity index is 3780. The molecule has 0 amide bonds. The monoisotopic (exact) mass is 1130 g/mol. The van der Waals surface area contributed by atoms with Gasteiger partial charge in [0, 0.05) is 90.4 Å². The number of hydrogen-bond acceptors (Lipinski definition) is 15. The molecule has 418 valence electrons. The van der Waals surface area contributed by atoms with Gasteiger partial charge in [-0.2, -0.15) is 20.7 Å². The number of fused-ring (bicyclic) bond motifs is 2. The molecule has 4 fully saturated rings. The Labute approximate surface area is 472 Å². The molecule has 2 saturated carbocycles. The molecule has 2 aromatic carbocycles. The molecule has 1 atom stereocenters. The summed E-state index contributed by atoms with van der Waals surface area (Å²) >= 11 is 0. The van der Waals surface area contributed by atoms with Crippen LogP contribution in [0.5, 0.6) is 0 Å². The number of carboxylic acid groups (broad SMARTS) is 1. The second kappa shape index (κ2) is 25.0. The number of rotatable bonds is 12. The number of carboxylic acids is 1. The van der Waals surface area contributed by atoms with Crippen molar-refractivity contribution in [2.24, 2.45) is 17.0 Å². The first-order valence-corrected chi connectivity index (χ1v) is 30.6.